The van der Waals surface area contributed by atoms with E-state index in [1.165, 1.54) is 28.4 Å². The Labute approximate surface area is 186 Å². The van der Waals surface area contributed by atoms with E-state index in [0.29, 0.717) is 21.4 Å². The highest BCUT2D eigenvalue weighted by Gasteiger charge is 2.31. The molecule has 0 saturated heterocycles. The Kier molecular flexibility index (Phi) is 5.91. The summed E-state index contributed by atoms with van der Waals surface area (Å²) in [6, 6.07) is 5.63. The molecule has 1 aromatic carbocycles. The standard InChI is InChI=1S/C22H23BrN2O6/c1-10-6-14(26)20(22(30)24(10)3)19(12-7-13(23)21(29)16(8-12)31-5)18-11(2)25(4)17(28)9-15(18)27/h6-9,19,26-27,29H,1-5H3. The van der Waals surface area contributed by atoms with Crippen LogP contribution in [0.4, 0.5) is 0 Å². The number of phenolic OH excluding ortho intramolecular Hbond substituents is 1. The van der Waals surface area contributed by atoms with Gasteiger partial charge in [0, 0.05) is 43.0 Å². The largest absolute Gasteiger partial charge is 0.507 e. The van der Waals surface area contributed by atoms with Crippen LogP contribution in [0, 0.1) is 13.8 Å². The van der Waals surface area contributed by atoms with Gasteiger partial charge in [0.05, 0.1) is 17.1 Å². The third kappa shape index (κ3) is 3.69. The minimum atomic E-state index is -0.961. The lowest BCUT2D eigenvalue weighted by molar-refractivity contribution is 0.371. The average molecular weight is 491 g/mol. The number of aryl methyl sites for hydroxylation is 1. The first-order chi connectivity index (χ1) is 14.5. The van der Waals surface area contributed by atoms with Crippen molar-refractivity contribution in [2.45, 2.75) is 19.8 Å². The fourth-order valence-electron chi connectivity index (χ4n) is 3.67. The molecule has 1 unspecified atom stereocenters. The van der Waals surface area contributed by atoms with Crippen molar-refractivity contribution in [1.82, 2.24) is 9.13 Å². The van der Waals surface area contributed by atoms with E-state index in [1.807, 2.05) is 0 Å². The molecule has 1 atom stereocenters. The van der Waals surface area contributed by atoms with Crippen LogP contribution in [0.2, 0.25) is 0 Å². The van der Waals surface area contributed by atoms with Gasteiger partial charge in [-0.2, -0.15) is 0 Å². The summed E-state index contributed by atoms with van der Waals surface area (Å²) in [5.41, 5.74) is 0.843. The zero-order chi connectivity index (χ0) is 23.2. The number of hydrogen-bond donors (Lipinski definition) is 3. The van der Waals surface area contributed by atoms with Gasteiger partial charge in [0.2, 0.25) is 0 Å². The van der Waals surface area contributed by atoms with Crippen molar-refractivity contribution in [2.24, 2.45) is 14.1 Å². The van der Waals surface area contributed by atoms with Crippen LogP contribution in [0.5, 0.6) is 23.0 Å². The van der Waals surface area contributed by atoms with Crippen LogP contribution in [-0.4, -0.2) is 31.6 Å². The lowest BCUT2D eigenvalue weighted by Crippen LogP contribution is -2.28. The predicted octanol–water partition coefficient (Wildman–Crippen LogP) is 2.77. The second-order valence-electron chi connectivity index (χ2n) is 7.36. The van der Waals surface area contributed by atoms with E-state index in [2.05, 4.69) is 15.9 Å². The summed E-state index contributed by atoms with van der Waals surface area (Å²) < 4.78 is 8.30. The number of benzene rings is 1. The van der Waals surface area contributed by atoms with Crippen LogP contribution in [0.15, 0.2) is 38.3 Å². The summed E-state index contributed by atoms with van der Waals surface area (Å²) in [6.07, 6.45) is 0. The van der Waals surface area contributed by atoms with Crippen LogP contribution in [0.25, 0.3) is 0 Å². The number of phenols is 1. The van der Waals surface area contributed by atoms with Gasteiger partial charge in [-0.25, -0.2) is 0 Å². The first-order valence-corrected chi connectivity index (χ1v) is 10.1. The van der Waals surface area contributed by atoms with Crippen molar-refractivity contribution in [1.29, 1.82) is 0 Å². The Bertz CT molecular complexity index is 1310. The van der Waals surface area contributed by atoms with E-state index in [1.54, 1.807) is 34.0 Å². The molecule has 3 N–H and O–H groups in total. The van der Waals surface area contributed by atoms with Gasteiger partial charge in [0.15, 0.2) is 11.5 Å². The van der Waals surface area contributed by atoms with Crippen LogP contribution in [0.3, 0.4) is 0 Å². The highest BCUT2D eigenvalue weighted by molar-refractivity contribution is 9.10. The van der Waals surface area contributed by atoms with Crippen molar-refractivity contribution >= 4 is 15.9 Å². The van der Waals surface area contributed by atoms with E-state index in [0.717, 1.165) is 6.07 Å². The van der Waals surface area contributed by atoms with Gasteiger partial charge in [0.1, 0.15) is 11.5 Å². The zero-order valence-corrected chi connectivity index (χ0v) is 19.3. The van der Waals surface area contributed by atoms with E-state index in [-0.39, 0.29) is 34.1 Å². The molecule has 0 saturated carbocycles. The molecule has 2 heterocycles. The Balaban J connectivity index is 2.52. The van der Waals surface area contributed by atoms with Crippen molar-refractivity contribution in [2.75, 3.05) is 7.11 Å². The third-order valence-electron chi connectivity index (χ3n) is 5.63. The summed E-state index contributed by atoms with van der Waals surface area (Å²) in [4.78, 5) is 25.4. The second kappa shape index (κ2) is 8.14. The molecule has 8 nitrogen and oxygen atoms in total. The molecule has 0 amide bonds. The van der Waals surface area contributed by atoms with Gasteiger partial charge in [0.25, 0.3) is 11.1 Å². The Hall–Kier alpha value is -3.20. The minimum Gasteiger partial charge on any atom is -0.507 e. The molecule has 3 aromatic rings. The molecule has 0 aliphatic heterocycles. The highest BCUT2D eigenvalue weighted by Crippen LogP contribution is 2.44. The molecular formula is C22H23BrN2O6. The fraction of sp³-hybridized carbons (Fsp3) is 0.273. The van der Waals surface area contributed by atoms with Crippen LogP contribution in [0.1, 0.15) is 34.0 Å². The van der Waals surface area contributed by atoms with Crippen LogP contribution >= 0.6 is 15.9 Å². The molecule has 9 heteroatoms. The molecule has 164 valence electrons. The number of ether oxygens (including phenoxy) is 1. The number of rotatable bonds is 4. The SMILES string of the molecule is COc1cc(C(c2c(O)cc(=O)n(C)c2C)c2c(O)cc(C)n(C)c2=O)cc(Br)c1O. The fourth-order valence-corrected chi connectivity index (χ4v) is 4.13. The summed E-state index contributed by atoms with van der Waals surface area (Å²) in [5, 5.41) is 31.8. The molecule has 0 bridgehead atoms. The van der Waals surface area contributed by atoms with Gasteiger partial charge in [-0.1, -0.05) is 0 Å². The van der Waals surface area contributed by atoms with Crippen molar-refractivity contribution < 1.29 is 20.1 Å². The molecular weight excluding hydrogens is 468 g/mol. The maximum absolute atomic E-state index is 13.2. The Morgan fingerprint density at radius 3 is 2.16 bits per heavy atom. The molecule has 0 spiro atoms. The highest BCUT2D eigenvalue weighted by atomic mass is 79.9. The lowest BCUT2D eigenvalue weighted by atomic mass is 9.83. The van der Waals surface area contributed by atoms with Crippen LogP contribution < -0.4 is 15.9 Å². The number of halogens is 1. The van der Waals surface area contributed by atoms with E-state index < -0.39 is 17.0 Å². The second-order valence-corrected chi connectivity index (χ2v) is 8.22. The quantitative estimate of drug-likeness (QED) is 0.518. The van der Waals surface area contributed by atoms with Gasteiger partial charge in [-0.15, -0.1) is 0 Å². The first-order valence-electron chi connectivity index (χ1n) is 9.34. The van der Waals surface area contributed by atoms with E-state index >= 15 is 0 Å². The maximum Gasteiger partial charge on any atom is 0.258 e. The lowest BCUT2D eigenvalue weighted by Gasteiger charge is -2.25. The molecule has 0 radical (unpaired) electrons. The molecule has 3 rings (SSSR count). The maximum atomic E-state index is 13.2. The van der Waals surface area contributed by atoms with Crippen molar-refractivity contribution in [3.63, 3.8) is 0 Å². The number of pyridine rings is 2. The van der Waals surface area contributed by atoms with Gasteiger partial charge >= 0.3 is 0 Å². The monoisotopic (exact) mass is 490 g/mol. The molecule has 0 aliphatic rings. The number of hydrogen-bond acceptors (Lipinski definition) is 6. The number of methoxy groups -OCH3 is 1. The first kappa shape index (κ1) is 22.5. The third-order valence-corrected chi connectivity index (χ3v) is 6.23. The molecule has 31 heavy (non-hydrogen) atoms. The van der Waals surface area contributed by atoms with Crippen molar-refractivity contribution in [3.8, 4) is 23.0 Å². The number of aromatic nitrogens is 2. The Morgan fingerprint density at radius 1 is 0.935 bits per heavy atom. The van der Waals surface area contributed by atoms with E-state index in [4.69, 9.17) is 4.74 Å². The van der Waals surface area contributed by atoms with E-state index in [9.17, 15) is 24.9 Å². The smallest absolute Gasteiger partial charge is 0.258 e. The normalized spacial score (nSPS) is 12.1. The zero-order valence-electron chi connectivity index (χ0n) is 17.7. The summed E-state index contributed by atoms with van der Waals surface area (Å²) in [6.45, 7) is 3.33. The predicted molar refractivity (Wildman–Crippen MR) is 119 cm³/mol. The minimum absolute atomic E-state index is 0.0183. The van der Waals surface area contributed by atoms with Gasteiger partial charge < -0.3 is 29.2 Å². The van der Waals surface area contributed by atoms with Crippen molar-refractivity contribution in [3.05, 3.63) is 77.5 Å². The molecule has 2 aromatic heterocycles. The number of aromatic hydroxyl groups is 3. The molecule has 0 fully saturated rings. The topological polar surface area (TPSA) is 114 Å². The van der Waals surface area contributed by atoms with Crippen LogP contribution in [-0.2, 0) is 14.1 Å². The molecule has 0 aliphatic carbocycles. The van der Waals surface area contributed by atoms with Gasteiger partial charge in [-0.05, 0) is 53.5 Å². The summed E-state index contributed by atoms with van der Waals surface area (Å²) in [5.74, 6) is -1.51. The summed E-state index contributed by atoms with van der Waals surface area (Å²) in [7, 11) is 4.52. The average Bonchev–Trinajstić information content (AvgIpc) is 2.71. The Morgan fingerprint density at radius 2 is 1.55 bits per heavy atom. The summed E-state index contributed by atoms with van der Waals surface area (Å²) >= 11 is 3.28. The van der Waals surface area contributed by atoms with Gasteiger partial charge in [-0.3, -0.25) is 9.59 Å². The number of nitrogens with zero attached hydrogens (tertiary/aromatic N) is 2.